The molecular formula is C15H26N2O2. The molecule has 19 heavy (non-hydrogen) atoms. The number of methoxy groups -OCH3 is 1. The van der Waals surface area contributed by atoms with Crippen LogP contribution >= 0.6 is 0 Å². The Bertz CT molecular complexity index is 357. The van der Waals surface area contributed by atoms with Gasteiger partial charge in [0.25, 0.3) is 0 Å². The third kappa shape index (κ3) is 6.57. The van der Waals surface area contributed by atoms with Crippen molar-refractivity contribution in [1.82, 2.24) is 5.32 Å². The van der Waals surface area contributed by atoms with Crippen LogP contribution in [0.15, 0.2) is 24.3 Å². The molecular weight excluding hydrogens is 240 g/mol. The van der Waals surface area contributed by atoms with E-state index in [2.05, 4.69) is 34.5 Å². The van der Waals surface area contributed by atoms with Gasteiger partial charge in [-0.2, -0.15) is 0 Å². The van der Waals surface area contributed by atoms with E-state index in [1.165, 1.54) is 5.56 Å². The second kappa shape index (κ2) is 7.48. The maximum Gasteiger partial charge on any atom is 0.0765 e. The highest BCUT2D eigenvalue weighted by molar-refractivity contribution is 5.47. The smallest absolute Gasteiger partial charge is 0.0765 e. The van der Waals surface area contributed by atoms with Gasteiger partial charge in [0.1, 0.15) is 0 Å². The number of nitrogens with zero attached hydrogens (tertiary/aromatic N) is 1. The van der Waals surface area contributed by atoms with Gasteiger partial charge in [-0.15, -0.1) is 0 Å². The lowest BCUT2D eigenvalue weighted by Gasteiger charge is -2.27. The molecule has 0 radical (unpaired) electrons. The van der Waals surface area contributed by atoms with Crippen LogP contribution in [0.5, 0.6) is 0 Å². The highest BCUT2D eigenvalue weighted by Gasteiger charge is 2.15. The summed E-state index contributed by atoms with van der Waals surface area (Å²) in [5.74, 6) is 0. The van der Waals surface area contributed by atoms with Crippen LogP contribution in [0.25, 0.3) is 0 Å². The average molecular weight is 266 g/mol. The van der Waals surface area contributed by atoms with Gasteiger partial charge in [-0.1, -0.05) is 12.1 Å². The van der Waals surface area contributed by atoms with E-state index in [9.17, 15) is 5.11 Å². The van der Waals surface area contributed by atoms with Crippen LogP contribution in [0.2, 0.25) is 0 Å². The van der Waals surface area contributed by atoms with Crippen molar-refractivity contribution in [2.45, 2.75) is 26.0 Å². The van der Waals surface area contributed by atoms with Crippen molar-refractivity contribution in [3.8, 4) is 0 Å². The van der Waals surface area contributed by atoms with Gasteiger partial charge in [0, 0.05) is 39.5 Å². The number of hydrogen-bond donors (Lipinski definition) is 2. The third-order valence-corrected chi connectivity index (χ3v) is 2.81. The molecule has 108 valence electrons. The summed E-state index contributed by atoms with van der Waals surface area (Å²) in [6, 6.07) is 8.38. The number of anilines is 1. The Morgan fingerprint density at radius 3 is 2.42 bits per heavy atom. The molecule has 0 bridgehead atoms. The summed E-state index contributed by atoms with van der Waals surface area (Å²) in [7, 11) is 3.69. The van der Waals surface area contributed by atoms with E-state index in [0.29, 0.717) is 6.54 Å². The quantitative estimate of drug-likeness (QED) is 0.702. The molecule has 0 saturated heterocycles. The first-order chi connectivity index (χ1) is 8.92. The van der Waals surface area contributed by atoms with Gasteiger partial charge < -0.3 is 20.1 Å². The Kier molecular flexibility index (Phi) is 6.28. The number of nitrogens with one attached hydrogen (secondary N) is 1. The minimum absolute atomic E-state index is 0.610. The summed E-state index contributed by atoms with van der Waals surface area (Å²) in [4.78, 5) is 2.06. The molecule has 0 spiro atoms. The highest BCUT2D eigenvalue weighted by atomic mass is 16.5. The van der Waals surface area contributed by atoms with Crippen molar-refractivity contribution in [3.63, 3.8) is 0 Å². The van der Waals surface area contributed by atoms with Gasteiger partial charge >= 0.3 is 0 Å². The summed E-state index contributed by atoms with van der Waals surface area (Å²) < 4.78 is 4.98. The SMILES string of the molecule is COCCNCc1ccc(N(C)CC(C)(C)O)cc1. The molecule has 0 aliphatic heterocycles. The molecule has 2 N–H and O–H groups in total. The van der Waals surface area contributed by atoms with E-state index in [-0.39, 0.29) is 0 Å². The Morgan fingerprint density at radius 2 is 1.89 bits per heavy atom. The standard InChI is InChI=1S/C15H26N2O2/c1-15(2,18)12-17(3)14-7-5-13(6-8-14)11-16-9-10-19-4/h5-8,16,18H,9-12H2,1-4H3. The number of ether oxygens (including phenoxy) is 1. The van der Waals surface area contributed by atoms with Gasteiger partial charge in [-0.25, -0.2) is 0 Å². The molecule has 0 aliphatic rings. The zero-order valence-electron chi connectivity index (χ0n) is 12.4. The van der Waals surface area contributed by atoms with Crippen molar-refractivity contribution >= 4 is 5.69 Å². The summed E-state index contributed by atoms with van der Waals surface area (Å²) >= 11 is 0. The van der Waals surface area contributed by atoms with Crippen molar-refractivity contribution < 1.29 is 9.84 Å². The van der Waals surface area contributed by atoms with Crippen molar-refractivity contribution in [2.75, 3.05) is 38.8 Å². The van der Waals surface area contributed by atoms with Gasteiger partial charge in [0.15, 0.2) is 0 Å². The molecule has 0 unspecified atom stereocenters. The van der Waals surface area contributed by atoms with E-state index >= 15 is 0 Å². The molecule has 1 aromatic rings. The van der Waals surface area contributed by atoms with Crippen LogP contribution in [-0.2, 0) is 11.3 Å². The topological polar surface area (TPSA) is 44.7 Å². The van der Waals surface area contributed by atoms with Gasteiger partial charge in [0.05, 0.1) is 12.2 Å². The fourth-order valence-corrected chi connectivity index (χ4v) is 1.95. The van der Waals surface area contributed by atoms with Crippen molar-refractivity contribution in [2.24, 2.45) is 0 Å². The Labute approximate surface area is 116 Å². The third-order valence-electron chi connectivity index (χ3n) is 2.81. The van der Waals surface area contributed by atoms with Crippen LogP contribution in [0.1, 0.15) is 19.4 Å². The second-order valence-corrected chi connectivity index (χ2v) is 5.50. The Morgan fingerprint density at radius 1 is 1.26 bits per heavy atom. The minimum Gasteiger partial charge on any atom is -0.389 e. The highest BCUT2D eigenvalue weighted by Crippen LogP contribution is 2.16. The maximum atomic E-state index is 9.81. The van der Waals surface area contributed by atoms with Crippen molar-refractivity contribution in [3.05, 3.63) is 29.8 Å². The number of benzene rings is 1. The summed E-state index contributed by atoms with van der Waals surface area (Å²) in [5.41, 5.74) is 1.68. The van der Waals surface area contributed by atoms with E-state index in [4.69, 9.17) is 4.74 Å². The van der Waals surface area contributed by atoms with Crippen LogP contribution in [0.3, 0.4) is 0 Å². The Hall–Kier alpha value is -1.10. The van der Waals surface area contributed by atoms with Crippen LogP contribution < -0.4 is 10.2 Å². The van der Waals surface area contributed by atoms with E-state index in [0.717, 1.165) is 25.4 Å². The fourth-order valence-electron chi connectivity index (χ4n) is 1.95. The predicted molar refractivity (Wildman–Crippen MR) is 79.6 cm³/mol. The lowest BCUT2D eigenvalue weighted by molar-refractivity contribution is 0.0886. The molecule has 0 aliphatic carbocycles. The van der Waals surface area contributed by atoms with E-state index in [1.807, 2.05) is 20.9 Å². The maximum absolute atomic E-state index is 9.81. The summed E-state index contributed by atoms with van der Waals surface area (Å²) in [6.07, 6.45) is 0. The average Bonchev–Trinajstić information content (AvgIpc) is 2.33. The van der Waals surface area contributed by atoms with Crippen molar-refractivity contribution in [1.29, 1.82) is 0 Å². The molecule has 4 heteroatoms. The second-order valence-electron chi connectivity index (χ2n) is 5.50. The molecule has 0 atom stereocenters. The zero-order valence-corrected chi connectivity index (χ0v) is 12.4. The molecule has 1 rings (SSSR count). The van der Waals surface area contributed by atoms with Gasteiger partial charge in [-0.05, 0) is 31.5 Å². The van der Waals surface area contributed by atoms with E-state index in [1.54, 1.807) is 7.11 Å². The van der Waals surface area contributed by atoms with Crippen LogP contribution in [0.4, 0.5) is 5.69 Å². The lowest BCUT2D eigenvalue weighted by Crippen LogP contribution is -2.36. The Balaban J connectivity index is 2.47. The molecule has 0 heterocycles. The van der Waals surface area contributed by atoms with Gasteiger partial charge in [0.2, 0.25) is 0 Å². The molecule has 0 amide bonds. The summed E-state index contributed by atoms with van der Waals surface area (Å²) in [6.45, 7) is 6.68. The van der Waals surface area contributed by atoms with Crippen LogP contribution in [0, 0.1) is 0 Å². The van der Waals surface area contributed by atoms with Crippen LogP contribution in [-0.4, -0.2) is 44.6 Å². The first kappa shape index (κ1) is 16.0. The molecule has 4 nitrogen and oxygen atoms in total. The minimum atomic E-state index is -0.685. The zero-order chi connectivity index (χ0) is 14.3. The monoisotopic (exact) mass is 266 g/mol. The first-order valence-electron chi connectivity index (χ1n) is 6.64. The first-order valence-corrected chi connectivity index (χ1v) is 6.64. The largest absolute Gasteiger partial charge is 0.389 e. The lowest BCUT2D eigenvalue weighted by atomic mass is 10.1. The molecule has 1 aromatic carbocycles. The number of rotatable bonds is 8. The van der Waals surface area contributed by atoms with Gasteiger partial charge in [-0.3, -0.25) is 0 Å². The number of aliphatic hydroxyl groups is 1. The predicted octanol–water partition coefficient (Wildman–Crippen LogP) is 1.63. The molecule has 0 saturated carbocycles. The molecule has 0 fully saturated rings. The summed E-state index contributed by atoms with van der Waals surface area (Å²) in [5, 5.41) is 13.1. The fraction of sp³-hybridized carbons (Fsp3) is 0.600. The normalized spacial score (nSPS) is 11.6. The van der Waals surface area contributed by atoms with E-state index < -0.39 is 5.60 Å². The number of hydrogen-bond acceptors (Lipinski definition) is 4. The molecule has 0 aromatic heterocycles. The number of likely N-dealkylation sites (N-methyl/N-ethyl adjacent to an activating group) is 1.